The Balaban J connectivity index is 1.47. The third-order valence-corrected chi connectivity index (χ3v) is 5.21. The smallest absolute Gasteiger partial charge is 0.325 e. The number of aromatic nitrogens is 2. The number of likely N-dealkylation sites (tertiary alicyclic amines) is 1. The lowest BCUT2D eigenvalue weighted by molar-refractivity contribution is -0.138. The molecule has 28 heavy (non-hydrogen) atoms. The summed E-state index contributed by atoms with van der Waals surface area (Å²) in [5.41, 5.74) is 2.08. The molecule has 0 radical (unpaired) electrons. The molecular weight excluding hydrogens is 356 g/mol. The second-order valence-corrected chi connectivity index (χ2v) is 7.46. The summed E-state index contributed by atoms with van der Waals surface area (Å²) in [5.74, 6) is -0.448. The number of rotatable bonds is 8. The Kier molecular flexibility index (Phi) is 6.81. The van der Waals surface area contributed by atoms with E-state index in [9.17, 15) is 9.59 Å². The van der Waals surface area contributed by atoms with Gasteiger partial charge in [0.2, 0.25) is 5.91 Å². The van der Waals surface area contributed by atoms with Crippen molar-refractivity contribution < 1.29 is 14.7 Å². The van der Waals surface area contributed by atoms with Crippen molar-refractivity contribution in [2.24, 2.45) is 0 Å². The molecule has 1 saturated heterocycles. The highest BCUT2D eigenvalue weighted by atomic mass is 16.4. The molecule has 7 nitrogen and oxygen atoms in total. The molecular formula is C21H28N4O3. The first-order valence-corrected chi connectivity index (χ1v) is 9.76. The van der Waals surface area contributed by atoms with E-state index in [4.69, 9.17) is 5.11 Å². The molecule has 1 atom stereocenters. The highest BCUT2D eigenvalue weighted by Gasteiger charge is 2.24. The summed E-state index contributed by atoms with van der Waals surface area (Å²) in [6.07, 6.45) is 4.33. The highest BCUT2D eigenvalue weighted by molar-refractivity contribution is 5.76. The highest BCUT2D eigenvalue weighted by Crippen LogP contribution is 2.25. The van der Waals surface area contributed by atoms with Gasteiger partial charge in [0.25, 0.3) is 0 Å². The molecule has 1 N–H and O–H groups in total. The number of hydrogen-bond donors (Lipinski definition) is 1. The molecule has 0 bridgehead atoms. The lowest BCUT2D eigenvalue weighted by atomic mass is 9.95. The Morgan fingerprint density at radius 3 is 2.79 bits per heavy atom. The number of nitrogens with zero attached hydrogens (tertiary/aromatic N) is 4. The van der Waals surface area contributed by atoms with Gasteiger partial charge in [-0.15, -0.1) is 0 Å². The van der Waals surface area contributed by atoms with E-state index in [2.05, 4.69) is 10.00 Å². The SMILES string of the molecule is CN(Cc1ccccc1)C(=O)CCN1CCC[C@H](c2ccn(CC(=O)O)n2)C1. The number of carbonyl (C=O) groups excluding carboxylic acids is 1. The van der Waals surface area contributed by atoms with Crippen molar-refractivity contribution in [3.05, 3.63) is 53.9 Å². The van der Waals surface area contributed by atoms with Crippen molar-refractivity contribution in [3.63, 3.8) is 0 Å². The number of amides is 1. The fourth-order valence-corrected chi connectivity index (χ4v) is 3.71. The van der Waals surface area contributed by atoms with Crippen LogP contribution in [0.1, 0.15) is 36.4 Å². The molecule has 1 aromatic carbocycles. The van der Waals surface area contributed by atoms with E-state index in [0.29, 0.717) is 18.9 Å². The molecule has 1 amide bonds. The van der Waals surface area contributed by atoms with Gasteiger partial charge in [0.05, 0.1) is 5.69 Å². The van der Waals surface area contributed by atoms with Gasteiger partial charge in [0, 0.05) is 45.2 Å². The predicted molar refractivity (Wildman–Crippen MR) is 106 cm³/mol. The van der Waals surface area contributed by atoms with Crippen LogP contribution in [0.25, 0.3) is 0 Å². The average Bonchev–Trinajstić information content (AvgIpc) is 3.15. The third kappa shape index (κ3) is 5.66. The van der Waals surface area contributed by atoms with Gasteiger partial charge in [-0.3, -0.25) is 14.3 Å². The molecule has 2 heterocycles. The number of hydrogen-bond acceptors (Lipinski definition) is 4. The Morgan fingerprint density at radius 1 is 1.25 bits per heavy atom. The van der Waals surface area contributed by atoms with Gasteiger partial charge in [0.1, 0.15) is 6.54 Å². The molecule has 0 spiro atoms. The van der Waals surface area contributed by atoms with Crippen LogP contribution in [0.5, 0.6) is 0 Å². The van der Waals surface area contributed by atoms with Crippen LogP contribution in [0.2, 0.25) is 0 Å². The quantitative estimate of drug-likeness (QED) is 0.755. The van der Waals surface area contributed by atoms with E-state index in [1.807, 2.05) is 43.4 Å². The summed E-state index contributed by atoms with van der Waals surface area (Å²) in [6.45, 7) is 3.11. The maximum absolute atomic E-state index is 12.5. The zero-order valence-corrected chi connectivity index (χ0v) is 16.3. The third-order valence-electron chi connectivity index (χ3n) is 5.21. The second-order valence-electron chi connectivity index (χ2n) is 7.46. The van der Waals surface area contributed by atoms with Crippen molar-refractivity contribution in [1.29, 1.82) is 0 Å². The minimum Gasteiger partial charge on any atom is -0.480 e. The Hall–Kier alpha value is -2.67. The van der Waals surface area contributed by atoms with Gasteiger partial charge in [-0.1, -0.05) is 30.3 Å². The Bertz CT molecular complexity index is 790. The molecule has 0 saturated carbocycles. The van der Waals surface area contributed by atoms with E-state index in [1.54, 1.807) is 11.1 Å². The number of carbonyl (C=O) groups is 2. The standard InChI is InChI=1S/C21H28N4O3/c1-23(14-17-6-3-2-4-7-17)20(26)10-12-24-11-5-8-18(15-24)19-9-13-25(22-19)16-21(27)28/h2-4,6-7,9,13,18H,5,8,10-12,14-16H2,1H3,(H,27,28)/t18-/m0/s1. The number of benzene rings is 1. The van der Waals surface area contributed by atoms with Gasteiger partial charge in [-0.2, -0.15) is 5.10 Å². The zero-order chi connectivity index (χ0) is 19.9. The van der Waals surface area contributed by atoms with E-state index < -0.39 is 5.97 Å². The summed E-state index contributed by atoms with van der Waals surface area (Å²) in [4.78, 5) is 27.4. The molecule has 2 aromatic rings. The van der Waals surface area contributed by atoms with E-state index >= 15 is 0 Å². The van der Waals surface area contributed by atoms with Gasteiger partial charge >= 0.3 is 5.97 Å². The maximum atomic E-state index is 12.5. The van der Waals surface area contributed by atoms with Crippen LogP contribution in [-0.2, 0) is 22.7 Å². The van der Waals surface area contributed by atoms with Crippen LogP contribution in [0.15, 0.2) is 42.6 Å². The van der Waals surface area contributed by atoms with E-state index in [1.165, 1.54) is 4.68 Å². The molecule has 0 aliphatic carbocycles. The minimum absolute atomic E-state index is 0.112. The van der Waals surface area contributed by atoms with Crippen LogP contribution in [0, 0.1) is 0 Å². The first kappa shape index (κ1) is 20.1. The number of piperidine rings is 1. The number of aliphatic carboxylic acids is 1. The molecule has 1 aromatic heterocycles. The lowest BCUT2D eigenvalue weighted by Gasteiger charge is -2.32. The van der Waals surface area contributed by atoms with Crippen molar-refractivity contribution in [2.45, 2.75) is 38.3 Å². The summed E-state index contributed by atoms with van der Waals surface area (Å²) < 4.78 is 1.47. The molecule has 1 fully saturated rings. The Morgan fingerprint density at radius 2 is 2.04 bits per heavy atom. The number of carboxylic acid groups (broad SMARTS) is 1. The van der Waals surface area contributed by atoms with Crippen LogP contribution in [0.4, 0.5) is 0 Å². The van der Waals surface area contributed by atoms with E-state index in [0.717, 1.165) is 43.7 Å². The summed E-state index contributed by atoms with van der Waals surface area (Å²) in [5, 5.41) is 13.3. The molecule has 0 unspecified atom stereocenters. The average molecular weight is 384 g/mol. The Labute approximate surface area is 165 Å². The molecule has 3 rings (SSSR count). The summed E-state index contributed by atoms with van der Waals surface area (Å²) in [7, 11) is 1.85. The van der Waals surface area contributed by atoms with Crippen molar-refractivity contribution in [3.8, 4) is 0 Å². The molecule has 7 heteroatoms. The zero-order valence-electron chi connectivity index (χ0n) is 16.3. The topological polar surface area (TPSA) is 78.7 Å². The fourth-order valence-electron chi connectivity index (χ4n) is 3.71. The van der Waals surface area contributed by atoms with Gasteiger partial charge < -0.3 is 14.9 Å². The van der Waals surface area contributed by atoms with Gasteiger partial charge in [-0.05, 0) is 31.0 Å². The molecule has 1 aliphatic heterocycles. The largest absolute Gasteiger partial charge is 0.480 e. The maximum Gasteiger partial charge on any atom is 0.325 e. The first-order chi connectivity index (χ1) is 13.5. The normalized spacial score (nSPS) is 17.4. The van der Waals surface area contributed by atoms with Crippen molar-refractivity contribution >= 4 is 11.9 Å². The van der Waals surface area contributed by atoms with Crippen LogP contribution in [0.3, 0.4) is 0 Å². The van der Waals surface area contributed by atoms with Crippen LogP contribution >= 0.6 is 0 Å². The second kappa shape index (κ2) is 9.50. The monoisotopic (exact) mass is 384 g/mol. The minimum atomic E-state index is -0.891. The predicted octanol–water partition coefficient (Wildman–Crippen LogP) is 2.20. The summed E-state index contributed by atoms with van der Waals surface area (Å²) >= 11 is 0. The first-order valence-electron chi connectivity index (χ1n) is 9.76. The van der Waals surface area contributed by atoms with Crippen molar-refractivity contribution in [1.82, 2.24) is 19.6 Å². The number of carboxylic acids is 1. The lowest BCUT2D eigenvalue weighted by Crippen LogP contribution is -2.37. The van der Waals surface area contributed by atoms with Gasteiger partial charge in [-0.25, -0.2) is 0 Å². The van der Waals surface area contributed by atoms with Crippen molar-refractivity contribution in [2.75, 3.05) is 26.7 Å². The van der Waals surface area contributed by atoms with Crippen LogP contribution in [-0.4, -0.2) is 63.2 Å². The van der Waals surface area contributed by atoms with E-state index in [-0.39, 0.29) is 12.5 Å². The molecule has 1 aliphatic rings. The van der Waals surface area contributed by atoms with Crippen LogP contribution < -0.4 is 0 Å². The summed E-state index contributed by atoms with van der Waals surface area (Å²) in [6, 6.07) is 11.9. The molecule has 150 valence electrons. The fraction of sp³-hybridized carbons (Fsp3) is 0.476. The van der Waals surface area contributed by atoms with Gasteiger partial charge in [0.15, 0.2) is 0 Å².